The fourth-order valence-electron chi connectivity index (χ4n) is 3.99. The summed E-state index contributed by atoms with van der Waals surface area (Å²) in [6, 6.07) is 12.1. The predicted octanol–water partition coefficient (Wildman–Crippen LogP) is 3.23. The van der Waals surface area contributed by atoms with E-state index in [1.54, 1.807) is 10.7 Å². The van der Waals surface area contributed by atoms with Gasteiger partial charge < -0.3 is 16.8 Å². The SMILES string of the molecule is Nc1cc(Nc2ccc(-n3cccn3)cc2)c2nc([C@H]3CC[C@H](N)CC3)cn2n1. The molecule has 0 bridgehead atoms. The molecule has 1 aliphatic carbocycles. The third kappa shape index (κ3) is 3.54. The van der Waals surface area contributed by atoms with E-state index >= 15 is 0 Å². The van der Waals surface area contributed by atoms with Gasteiger partial charge in [0.2, 0.25) is 0 Å². The molecule has 1 aromatic carbocycles. The van der Waals surface area contributed by atoms with Crippen molar-refractivity contribution >= 4 is 22.8 Å². The van der Waals surface area contributed by atoms with Crippen LogP contribution in [0.15, 0.2) is 55.0 Å². The van der Waals surface area contributed by atoms with E-state index in [1.807, 2.05) is 53.5 Å². The lowest BCUT2D eigenvalue weighted by Crippen LogP contribution is -2.25. The Balaban J connectivity index is 1.43. The molecule has 0 atom stereocenters. The van der Waals surface area contributed by atoms with E-state index in [0.29, 0.717) is 17.8 Å². The quantitative estimate of drug-likeness (QED) is 0.495. The molecule has 4 aromatic rings. The first-order valence-corrected chi connectivity index (χ1v) is 9.94. The monoisotopic (exact) mass is 388 g/mol. The summed E-state index contributed by atoms with van der Waals surface area (Å²) in [5.41, 5.74) is 16.7. The van der Waals surface area contributed by atoms with Gasteiger partial charge in [-0.3, -0.25) is 0 Å². The maximum absolute atomic E-state index is 6.05. The molecular formula is C21H24N8. The maximum Gasteiger partial charge on any atom is 0.177 e. The second-order valence-electron chi connectivity index (χ2n) is 7.65. The van der Waals surface area contributed by atoms with Gasteiger partial charge in [-0.05, 0) is 56.0 Å². The third-order valence-corrected chi connectivity index (χ3v) is 5.57. The van der Waals surface area contributed by atoms with E-state index in [-0.39, 0.29) is 0 Å². The first kappa shape index (κ1) is 17.7. The van der Waals surface area contributed by atoms with Crippen LogP contribution in [0.5, 0.6) is 0 Å². The summed E-state index contributed by atoms with van der Waals surface area (Å²) < 4.78 is 3.60. The van der Waals surface area contributed by atoms with E-state index in [9.17, 15) is 0 Å². The highest BCUT2D eigenvalue weighted by molar-refractivity contribution is 5.76. The van der Waals surface area contributed by atoms with Gasteiger partial charge in [0.05, 0.1) is 23.3 Å². The van der Waals surface area contributed by atoms with Crippen molar-refractivity contribution < 1.29 is 0 Å². The van der Waals surface area contributed by atoms with Crippen molar-refractivity contribution in [3.8, 4) is 5.69 Å². The number of hydrogen-bond donors (Lipinski definition) is 3. The molecule has 0 saturated heterocycles. The number of fused-ring (bicyclic) bond motifs is 1. The number of benzene rings is 1. The van der Waals surface area contributed by atoms with Crippen LogP contribution in [0.2, 0.25) is 0 Å². The topological polar surface area (TPSA) is 112 Å². The first-order valence-electron chi connectivity index (χ1n) is 9.94. The molecule has 0 spiro atoms. The normalized spacial score (nSPS) is 19.5. The van der Waals surface area contributed by atoms with Crippen LogP contribution in [0.25, 0.3) is 11.3 Å². The minimum atomic E-state index is 0.319. The van der Waals surface area contributed by atoms with Crippen molar-refractivity contribution in [1.82, 2.24) is 24.4 Å². The van der Waals surface area contributed by atoms with Crippen molar-refractivity contribution in [2.24, 2.45) is 5.73 Å². The van der Waals surface area contributed by atoms with E-state index in [4.69, 9.17) is 16.5 Å². The molecule has 5 N–H and O–H groups in total. The lowest BCUT2D eigenvalue weighted by molar-refractivity contribution is 0.391. The van der Waals surface area contributed by atoms with Gasteiger partial charge in [0, 0.05) is 36.1 Å². The van der Waals surface area contributed by atoms with Crippen LogP contribution in [-0.4, -0.2) is 30.4 Å². The lowest BCUT2D eigenvalue weighted by atomic mass is 9.85. The number of imidazole rings is 1. The highest BCUT2D eigenvalue weighted by Crippen LogP contribution is 2.33. The molecule has 0 unspecified atom stereocenters. The molecule has 29 heavy (non-hydrogen) atoms. The summed E-state index contributed by atoms with van der Waals surface area (Å²) in [4.78, 5) is 4.88. The molecular weight excluding hydrogens is 364 g/mol. The maximum atomic E-state index is 6.05. The number of nitrogens with zero attached hydrogens (tertiary/aromatic N) is 5. The molecule has 0 aliphatic heterocycles. The largest absolute Gasteiger partial charge is 0.382 e. The third-order valence-electron chi connectivity index (χ3n) is 5.57. The average molecular weight is 388 g/mol. The summed E-state index contributed by atoms with van der Waals surface area (Å²) in [6.07, 6.45) is 9.90. The van der Waals surface area contributed by atoms with Gasteiger partial charge in [-0.15, -0.1) is 5.10 Å². The lowest BCUT2D eigenvalue weighted by Gasteiger charge is -2.24. The van der Waals surface area contributed by atoms with Gasteiger partial charge in [-0.2, -0.15) is 5.10 Å². The van der Waals surface area contributed by atoms with Gasteiger partial charge >= 0.3 is 0 Å². The molecule has 1 aliphatic rings. The molecule has 148 valence electrons. The van der Waals surface area contributed by atoms with Crippen LogP contribution in [0.4, 0.5) is 17.2 Å². The van der Waals surface area contributed by atoms with Crippen LogP contribution >= 0.6 is 0 Å². The van der Waals surface area contributed by atoms with Gasteiger partial charge in [-0.1, -0.05) is 0 Å². The first-order chi connectivity index (χ1) is 14.2. The van der Waals surface area contributed by atoms with E-state index in [2.05, 4.69) is 15.5 Å². The van der Waals surface area contributed by atoms with Crippen LogP contribution in [0.3, 0.4) is 0 Å². The van der Waals surface area contributed by atoms with Crippen LogP contribution in [-0.2, 0) is 0 Å². The Labute approximate surface area is 168 Å². The minimum Gasteiger partial charge on any atom is -0.382 e. The molecule has 1 fully saturated rings. The molecule has 8 heteroatoms. The predicted molar refractivity (Wildman–Crippen MR) is 113 cm³/mol. The Kier molecular flexibility index (Phi) is 4.40. The zero-order valence-electron chi connectivity index (χ0n) is 16.1. The second-order valence-corrected chi connectivity index (χ2v) is 7.65. The van der Waals surface area contributed by atoms with Crippen molar-refractivity contribution in [3.05, 3.63) is 60.7 Å². The highest BCUT2D eigenvalue weighted by atomic mass is 15.3. The van der Waals surface area contributed by atoms with E-state index in [0.717, 1.165) is 54.1 Å². The van der Waals surface area contributed by atoms with E-state index < -0.39 is 0 Å². The molecule has 0 radical (unpaired) electrons. The Morgan fingerprint density at radius 3 is 2.59 bits per heavy atom. The average Bonchev–Trinajstić information content (AvgIpc) is 3.39. The number of hydrogen-bond acceptors (Lipinski definition) is 6. The number of nitrogens with two attached hydrogens (primary N) is 2. The minimum absolute atomic E-state index is 0.319. The van der Waals surface area contributed by atoms with Crippen molar-refractivity contribution in [2.45, 2.75) is 37.6 Å². The molecule has 1 saturated carbocycles. The van der Waals surface area contributed by atoms with Gasteiger partial charge in [0.15, 0.2) is 5.65 Å². The number of aromatic nitrogens is 5. The van der Waals surface area contributed by atoms with Crippen molar-refractivity contribution in [2.75, 3.05) is 11.1 Å². The summed E-state index contributed by atoms with van der Waals surface area (Å²) >= 11 is 0. The Morgan fingerprint density at radius 1 is 1.07 bits per heavy atom. The summed E-state index contributed by atoms with van der Waals surface area (Å²) in [5.74, 6) is 0.877. The number of nitrogens with one attached hydrogen (secondary N) is 1. The molecule has 5 rings (SSSR count). The van der Waals surface area contributed by atoms with Gasteiger partial charge in [0.25, 0.3) is 0 Å². The van der Waals surface area contributed by atoms with Gasteiger partial charge in [0.1, 0.15) is 5.82 Å². The fourth-order valence-corrected chi connectivity index (χ4v) is 3.99. The molecule has 8 nitrogen and oxygen atoms in total. The zero-order chi connectivity index (χ0) is 19.8. The highest BCUT2D eigenvalue weighted by Gasteiger charge is 2.23. The Morgan fingerprint density at radius 2 is 1.86 bits per heavy atom. The van der Waals surface area contributed by atoms with Crippen LogP contribution in [0, 0.1) is 0 Å². The summed E-state index contributed by atoms with van der Waals surface area (Å²) in [6.45, 7) is 0. The number of rotatable bonds is 4. The van der Waals surface area contributed by atoms with E-state index in [1.165, 1.54) is 0 Å². The smallest absolute Gasteiger partial charge is 0.177 e. The van der Waals surface area contributed by atoms with Gasteiger partial charge in [-0.25, -0.2) is 14.2 Å². The standard InChI is InChI=1S/C21H24N8/c22-15-4-2-14(3-5-15)19-13-29-21(26-19)18(12-20(23)27-29)25-16-6-8-17(9-7-16)28-11-1-10-24-28/h1,6-15,25H,2-5,22H2,(H2,23,27)/t14-,15-. The van der Waals surface area contributed by atoms with Crippen LogP contribution < -0.4 is 16.8 Å². The van der Waals surface area contributed by atoms with Crippen molar-refractivity contribution in [3.63, 3.8) is 0 Å². The fraction of sp³-hybridized carbons (Fsp3) is 0.286. The second kappa shape index (κ2) is 7.21. The van der Waals surface area contributed by atoms with Crippen molar-refractivity contribution in [1.29, 1.82) is 0 Å². The zero-order valence-corrected chi connectivity index (χ0v) is 16.1. The molecule has 3 heterocycles. The number of anilines is 3. The Bertz CT molecular complexity index is 1110. The summed E-state index contributed by atoms with van der Waals surface area (Å²) in [5, 5.41) is 12.1. The summed E-state index contributed by atoms with van der Waals surface area (Å²) in [7, 11) is 0. The Hall–Kier alpha value is -3.39. The molecule has 3 aromatic heterocycles. The van der Waals surface area contributed by atoms with Crippen LogP contribution in [0.1, 0.15) is 37.3 Å². The molecule has 0 amide bonds. The number of nitrogen functional groups attached to an aromatic ring is 1.